The normalized spacial score (nSPS) is 10.9. The topological polar surface area (TPSA) is 46.4 Å². The van der Waals surface area contributed by atoms with Crippen molar-refractivity contribution in [1.82, 2.24) is 9.38 Å². The number of nitrogens with zero attached hydrogens (tertiary/aromatic N) is 2. The lowest BCUT2D eigenvalue weighted by Crippen LogP contribution is -2.13. The van der Waals surface area contributed by atoms with Crippen molar-refractivity contribution < 1.29 is 9.18 Å². The van der Waals surface area contributed by atoms with E-state index in [2.05, 4.69) is 5.32 Å². The van der Waals surface area contributed by atoms with Crippen molar-refractivity contribution in [3.8, 4) is 11.3 Å². The van der Waals surface area contributed by atoms with Crippen LogP contribution in [0.4, 0.5) is 10.1 Å². The molecule has 1 amide bonds. The average molecular weight is 394 g/mol. The van der Waals surface area contributed by atoms with E-state index in [-0.39, 0.29) is 18.1 Å². The zero-order valence-corrected chi connectivity index (χ0v) is 15.7. The molecule has 4 rings (SSSR count). The van der Waals surface area contributed by atoms with Gasteiger partial charge in [-0.2, -0.15) is 0 Å². The Morgan fingerprint density at radius 2 is 1.93 bits per heavy atom. The van der Waals surface area contributed by atoms with Gasteiger partial charge in [-0.05, 0) is 48.9 Å². The molecular weight excluding hydrogens is 377 g/mol. The number of imidazole rings is 1. The Hall–Kier alpha value is -3.18. The molecular formula is C22H17ClFN3O. The average Bonchev–Trinajstić information content (AvgIpc) is 3.05. The first-order valence-electron chi connectivity index (χ1n) is 8.87. The summed E-state index contributed by atoms with van der Waals surface area (Å²) in [7, 11) is 0. The maximum absolute atomic E-state index is 13.3. The van der Waals surface area contributed by atoms with Crippen LogP contribution in [0.1, 0.15) is 12.1 Å². The van der Waals surface area contributed by atoms with E-state index < -0.39 is 0 Å². The van der Waals surface area contributed by atoms with E-state index in [9.17, 15) is 9.18 Å². The number of aromatic nitrogens is 2. The number of amides is 1. The van der Waals surface area contributed by atoms with E-state index in [0.717, 1.165) is 22.6 Å². The van der Waals surface area contributed by atoms with E-state index in [1.54, 1.807) is 12.1 Å². The molecule has 0 saturated carbocycles. The number of nitrogens with one attached hydrogen (secondary N) is 1. The summed E-state index contributed by atoms with van der Waals surface area (Å²) >= 11 is 6.15. The summed E-state index contributed by atoms with van der Waals surface area (Å²) in [6.07, 6.45) is 2.65. The van der Waals surface area contributed by atoms with Gasteiger partial charge in [0, 0.05) is 28.9 Å². The summed E-state index contributed by atoms with van der Waals surface area (Å²) in [6, 6.07) is 19.1. The van der Waals surface area contributed by atoms with E-state index in [1.807, 2.05) is 53.1 Å². The molecule has 2 heterocycles. The number of pyridine rings is 1. The number of hydrogen-bond donors (Lipinski definition) is 1. The van der Waals surface area contributed by atoms with Crippen LogP contribution in [0.2, 0.25) is 5.02 Å². The summed E-state index contributed by atoms with van der Waals surface area (Å²) < 4.78 is 15.3. The third-order valence-corrected chi connectivity index (χ3v) is 4.66. The van der Waals surface area contributed by atoms with Crippen molar-refractivity contribution in [3.05, 3.63) is 89.5 Å². The SMILES string of the molecule is O=C(CCc1c(-c2cccc(Cl)c2)nc2ccccn12)Nc1cccc(F)c1. The van der Waals surface area contributed by atoms with Crippen LogP contribution in [0.15, 0.2) is 72.9 Å². The Kier molecular flexibility index (Phi) is 5.08. The van der Waals surface area contributed by atoms with Crippen molar-refractivity contribution in [2.24, 2.45) is 0 Å². The molecule has 2 aromatic heterocycles. The molecule has 1 N–H and O–H groups in total. The molecule has 4 aromatic rings. The van der Waals surface area contributed by atoms with Gasteiger partial charge in [0.25, 0.3) is 0 Å². The van der Waals surface area contributed by atoms with Crippen molar-refractivity contribution >= 4 is 28.8 Å². The number of anilines is 1. The molecule has 140 valence electrons. The predicted molar refractivity (Wildman–Crippen MR) is 109 cm³/mol. The fourth-order valence-electron chi connectivity index (χ4n) is 3.17. The lowest BCUT2D eigenvalue weighted by molar-refractivity contribution is -0.116. The van der Waals surface area contributed by atoms with Crippen LogP contribution in [0.5, 0.6) is 0 Å². The largest absolute Gasteiger partial charge is 0.326 e. The lowest BCUT2D eigenvalue weighted by atomic mass is 10.1. The summed E-state index contributed by atoms with van der Waals surface area (Å²) in [5, 5.41) is 3.36. The minimum atomic E-state index is -0.386. The minimum absolute atomic E-state index is 0.187. The number of carbonyl (C=O) groups excluding carboxylic acids is 1. The van der Waals surface area contributed by atoms with Crippen molar-refractivity contribution in [2.45, 2.75) is 12.8 Å². The Morgan fingerprint density at radius 1 is 1.07 bits per heavy atom. The summed E-state index contributed by atoms with van der Waals surface area (Å²) in [5.41, 5.74) is 3.87. The molecule has 0 radical (unpaired) electrons. The summed E-state index contributed by atoms with van der Waals surface area (Å²) in [6.45, 7) is 0. The van der Waals surface area contributed by atoms with E-state index >= 15 is 0 Å². The molecule has 0 saturated heterocycles. The Labute approximate surface area is 166 Å². The van der Waals surface area contributed by atoms with Crippen molar-refractivity contribution in [3.63, 3.8) is 0 Å². The Morgan fingerprint density at radius 3 is 2.75 bits per heavy atom. The van der Waals surface area contributed by atoms with Crippen LogP contribution in [-0.2, 0) is 11.2 Å². The number of halogens is 2. The van der Waals surface area contributed by atoms with Gasteiger partial charge in [-0.1, -0.05) is 35.9 Å². The Bertz CT molecular complexity index is 1160. The quantitative estimate of drug-likeness (QED) is 0.495. The van der Waals surface area contributed by atoms with Gasteiger partial charge in [0.1, 0.15) is 11.5 Å². The Balaban J connectivity index is 1.60. The first-order chi connectivity index (χ1) is 13.6. The molecule has 0 unspecified atom stereocenters. The second kappa shape index (κ2) is 7.82. The van der Waals surface area contributed by atoms with Crippen LogP contribution >= 0.6 is 11.6 Å². The molecule has 0 fully saturated rings. The predicted octanol–water partition coefficient (Wildman–Crippen LogP) is 5.37. The standard InChI is InChI=1S/C22H17ClFN3O/c23-16-6-3-5-15(13-16)22-19(27-12-2-1-9-20(27)26-22)10-11-21(28)25-18-8-4-7-17(24)14-18/h1-9,12-14H,10-11H2,(H,25,28). The zero-order valence-electron chi connectivity index (χ0n) is 14.9. The van der Waals surface area contributed by atoms with Gasteiger partial charge in [0.15, 0.2) is 0 Å². The highest BCUT2D eigenvalue weighted by atomic mass is 35.5. The van der Waals surface area contributed by atoms with Gasteiger partial charge in [0.05, 0.1) is 11.4 Å². The second-order valence-corrected chi connectivity index (χ2v) is 6.84. The number of hydrogen-bond acceptors (Lipinski definition) is 2. The molecule has 0 aliphatic carbocycles. The smallest absolute Gasteiger partial charge is 0.224 e. The number of fused-ring (bicyclic) bond motifs is 1. The van der Waals surface area contributed by atoms with Gasteiger partial charge in [-0.15, -0.1) is 0 Å². The fourth-order valence-corrected chi connectivity index (χ4v) is 3.36. The fraction of sp³-hybridized carbons (Fsp3) is 0.0909. The van der Waals surface area contributed by atoms with E-state index in [1.165, 1.54) is 12.1 Å². The van der Waals surface area contributed by atoms with Gasteiger partial charge < -0.3 is 9.72 Å². The number of benzene rings is 2. The maximum Gasteiger partial charge on any atom is 0.224 e. The molecule has 0 spiro atoms. The molecule has 28 heavy (non-hydrogen) atoms. The van der Waals surface area contributed by atoms with Crippen molar-refractivity contribution in [1.29, 1.82) is 0 Å². The highest BCUT2D eigenvalue weighted by Gasteiger charge is 2.15. The summed E-state index contributed by atoms with van der Waals surface area (Å²) in [5.74, 6) is -0.573. The minimum Gasteiger partial charge on any atom is -0.326 e. The zero-order chi connectivity index (χ0) is 19.5. The van der Waals surface area contributed by atoms with E-state index in [4.69, 9.17) is 16.6 Å². The van der Waals surface area contributed by atoms with Crippen molar-refractivity contribution in [2.75, 3.05) is 5.32 Å². The number of aryl methyl sites for hydroxylation is 1. The molecule has 0 bridgehead atoms. The van der Waals surface area contributed by atoms with Gasteiger partial charge in [-0.25, -0.2) is 9.37 Å². The molecule has 4 nitrogen and oxygen atoms in total. The van der Waals surface area contributed by atoms with E-state index in [0.29, 0.717) is 17.1 Å². The molecule has 6 heteroatoms. The second-order valence-electron chi connectivity index (χ2n) is 6.40. The first-order valence-corrected chi connectivity index (χ1v) is 9.25. The third kappa shape index (κ3) is 3.89. The number of carbonyl (C=O) groups is 1. The monoisotopic (exact) mass is 393 g/mol. The lowest BCUT2D eigenvalue weighted by Gasteiger charge is -2.07. The highest BCUT2D eigenvalue weighted by molar-refractivity contribution is 6.30. The molecule has 0 aliphatic heterocycles. The highest BCUT2D eigenvalue weighted by Crippen LogP contribution is 2.27. The molecule has 0 aliphatic rings. The molecule has 0 atom stereocenters. The van der Waals surface area contributed by atoms with Crippen LogP contribution in [0, 0.1) is 5.82 Å². The third-order valence-electron chi connectivity index (χ3n) is 4.42. The van der Waals surface area contributed by atoms with Crippen LogP contribution in [-0.4, -0.2) is 15.3 Å². The number of rotatable bonds is 5. The van der Waals surface area contributed by atoms with Gasteiger partial charge in [-0.3, -0.25) is 4.79 Å². The van der Waals surface area contributed by atoms with Gasteiger partial charge in [0.2, 0.25) is 5.91 Å². The van der Waals surface area contributed by atoms with Crippen LogP contribution in [0.3, 0.4) is 0 Å². The van der Waals surface area contributed by atoms with Crippen LogP contribution < -0.4 is 5.32 Å². The summed E-state index contributed by atoms with van der Waals surface area (Å²) in [4.78, 5) is 17.1. The maximum atomic E-state index is 13.3. The molecule has 2 aromatic carbocycles. The first kappa shape index (κ1) is 18.2. The van der Waals surface area contributed by atoms with Gasteiger partial charge >= 0.3 is 0 Å². The van der Waals surface area contributed by atoms with Crippen LogP contribution in [0.25, 0.3) is 16.9 Å².